The molecule has 8 nitrogen and oxygen atoms in total. The van der Waals surface area contributed by atoms with Crippen LogP contribution >= 0.6 is 11.8 Å². The van der Waals surface area contributed by atoms with Gasteiger partial charge in [0.25, 0.3) is 5.91 Å². The van der Waals surface area contributed by atoms with Crippen molar-refractivity contribution in [3.8, 4) is 0 Å². The van der Waals surface area contributed by atoms with Gasteiger partial charge in [0.15, 0.2) is 11.3 Å². The number of likely N-dealkylation sites (tertiary alicyclic amines) is 1. The van der Waals surface area contributed by atoms with Crippen molar-refractivity contribution in [3.05, 3.63) is 12.4 Å². The van der Waals surface area contributed by atoms with Crippen molar-refractivity contribution >= 4 is 30.3 Å². The van der Waals surface area contributed by atoms with Gasteiger partial charge in [0.1, 0.15) is 0 Å². The van der Waals surface area contributed by atoms with Gasteiger partial charge in [-0.05, 0) is 40.5 Å². The lowest BCUT2D eigenvalue weighted by molar-refractivity contribution is -0.142. The molecule has 2 unspecified atom stereocenters. The summed E-state index contributed by atoms with van der Waals surface area (Å²) >= 11 is 1.51. The van der Waals surface area contributed by atoms with Crippen LogP contribution in [0.5, 0.6) is 0 Å². The zero-order valence-electron chi connectivity index (χ0n) is 16.8. The van der Waals surface area contributed by atoms with Gasteiger partial charge in [-0.25, -0.2) is 9.97 Å². The van der Waals surface area contributed by atoms with Gasteiger partial charge in [0.2, 0.25) is 0 Å². The Morgan fingerprint density at radius 2 is 1.93 bits per heavy atom. The number of aliphatic hydroxyl groups is 2. The molecule has 1 aromatic heterocycles. The Balaban J connectivity index is 1.60. The molecular formula is C18H28BN3O5S. The third-order valence-corrected chi connectivity index (χ3v) is 6.73. The smallest absolute Gasteiger partial charge is 0.399 e. The van der Waals surface area contributed by atoms with E-state index in [1.165, 1.54) is 11.8 Å². The number of aliphatic hydroxyl groups excluding tert-OH is 2. The summed E-state index contributed by atoms with van der Waals surface area (Å²) in [7, 11) is -0.494. The van der Waals surface area contributed by atoms with Crippen molar-refractivity contribution in [2.24, 2.45) is 0 Å². The van der Waals surface area contributed by atoms with Gasteiger partial charge in [0.05, 0.1) is 17.8 Å². The maximum Gasteiger partial charge on any atom is 0.498 e. The molecule has 154 valence electrons. The quantitative estimate of drug-likeness (QED) is 0.526. The normalized spacial score (nSPS) is 25.0. The number of rotatable bonds is 5. The van der Waals surface area contributed by atoms with Crippen molar-refractivity contribution < 1.29 is 24.3 Å². The first kappa shape index (κ1) is 21.5. The third-order valence-electron chi connectivity index (χ3n) is 5.59. The van der Waals surface area contributed by atoms with Crippen LogP contribution in [0.2, 0.25) is 0 Å². The van der Waals surface area contributed by atoms with Crippen LogP contribution in [0.3, 0.4) is 0 Å². The van der Waals surface area contributed by atoms with E-state index in [1.807, 2.05) is 27.7 Å². The first-order valence-electron chi connectivity index (χ1n) is 9.55. The molecule has 2 fully saturated rings. The highest BCUT2D eigenvalue weighted by molar-refractivity contribution is 7.99. The van der Waals surface area contributed by atoms with E-state index in [4.69, 9.17) is 14.4 Å². The van der Waals surface area contributed by atoms with Crippen molar-refractivity contribution in [1.82, 2.24) is 14.9 Å². The molecule has 3 rings (SSSR count). The minimum Gasteiger partial charge on any atom is -0.399 e. The molecular weight excluding hydrogens is 381 g/mol. The van der Waals surface area contributed by atoms with Crippen LogP contribution in [0, 0.1) is 0 Å². The van der Waals surface area contributed by atoms with E-state index in [2.05, 4.69) is 9.97 Å². The number of piperidine rings is 1. The van der Waals surface area contributed by atoms with Crippen LogP contribution < -0.4 is 5.46 Å². The summed E-state index contributed by atoms with van der Waals surface area (Å²) in [6, 6.07) is 0. The zero-order chi connectivity index (χ0) is 20.5. The molecule has 2 N–H and O–H groups in total. The average molecular weight is 409 g/mol. The predicted molar refractivity (Wildman–Crippen MR) is 106 cm³/mol. The Bertz CT molecular complexity index is 687. The second-order valence-electron chi connectivity index (χ2n) is 8.25. The van der Waals surface area contributed by atoms with Crippen LogP contribution in [0.4, 0.5) is 0 Å². The summed E-state index contributed by atoms with van der Waals surface area (Å²) < 4.78 is 12.0. The number of carbonyl (C=O) groups is 1. The van der Waals surface area contributed by atoms with Crippen LogP contribution in [0.15, 0.2) is 17.6 Å². The van der Waals surface area contributed by atoms with Crippen molar-refractivity contribution in [1.29, 1.82) is 0 Å². The summed E-state index contributed by atoms with van der Waals surface area (Å²) in [6.07, 6.45) is 3.87. The molecule has 0 aromatic carbocycles. The number of hydrogen-bond donors (Lipinski definition) is 2. The number of amides is 1. The molecule has 1 aromatic rings. The fourth-order valence-corrected chi connectivity index (χ4v) is 4.22. The number of hydrogen-bond acceptors (Lipinski definition) is 8. The van der Waals surface area contributed by atoms with Crippen LogP contribution in [-0.2, 0) is 14.1 Å². The third kappa shape index (κ3) is 4.51. The Hall–Kier alpha value is -1.20. The first-order chi connectivity index (χ1) is 13.1. The second kappa shape index (κ2) is 8.27. The van der Waals surface area contributed by atoms with Gasteiger partial charge in [-0.1, -0.05) is 11.8 Å². The number of thioether (sulfide) groups is 1. The summed E-state index contributed by atoms with van der Waals surface area (Å²) in [5.41, 5.74) is -0.0560. The van der Waals surface area contributed by atoms with E-state index in [0.717, 1.165) is 18.3 Å². The monoisotopic (exact) mass is 409 g/mol. The molecule has 0 radical (unpaired) electrons. The fourth-order valence-electron chi connectivity index (χ4n) is 3.16. The Morgan fingerprint density at radius 3 is 2.50 bits per heavy atom. The van der Waals surface area contributed by atoms with Gasteiger partial charge >= 0.3 is 7.12 Å². The zero-order valence-corrected chi connectivity index (χ0v) is 17.6. The van der Waals surface area contributed by atoms with Crippen LogP contribution in [0.25, 0.3) is 0 Å². The predicted octanol–water partition coefficient (Wildman–Crippen LogP) is 0.212. The van der Waals surface area contributed by atoms with Crippen LogP contribution in [0.1, 0.15) is 40.5 Å². The topological polar surface area (TPSA) is 105 Å². The van der Waals surface area contributed by atoms with E-state index in [9.17, 15) is 9.90 Å². The Labute approximate surface area is 170 Å². The Morgan fingerprint density at radius 1 is 1.32 bits per heavy atom. The standard InChI is InChI=1S/C18H28BN3O5S/c1-17(2)18(3,4)27-19(26-17)12-8-20-16(21-9-12)28-13-6-5-7-22(10-13)15(25)14(24)11-23/h8-9,13-14,23-24H,5-7,10-11H2,1-4H3. The van der Waals surface area contributed by atoms with E-state index < -0.39 is 36.9 Å². The van der Waals surface area contributed by atoms with Crippen molar-refractivity contribution in [2.45, 2.75) is 68.2 Å². The highest BCUT2D eigenvalue weighted by Crippen LogP contribution is 2.36. The molecule has 28 heavy (non-hydrogen) atoms. The summed E-state index contributed by atoms with van der Waals surface area (Å²) in [6.45, 7) is 8.54. The van der Waals surface area contributed by atoms with E-state index in [1.54, 1.807) is 17.3 Å². The molecule has 1 amide bonds. The minimum atomic E-state index is -1.35. The molecule has 0 saturated carbocycles. The number of aromatic nitrogens is 2. The Kier molecular flexibility index (Phi) is 6.36. The van der Waals surface area contributed by atoms with Gasteiger partial charge in [-0.15, -0.1) is 0 Å². The maximum atomic E-state index is 12.1. The van der Waals surface area contributed by atoms with E-state index in [-0.39, 0.29) is 5.25 Å². The van der Waals surface area contributed by atoms with Gasteiger partial charge in [0, 0.05) is 36.2 Å². The summed E-state index contributed by atoms with van der Waals surface area (Å²) in [5, 5.41) is 19.3. The highest BCUT2D eigenvalue weighted by atomic mass is 32.2. The second-order valence-corrected chi connectivity index (χ2v) is 9.52. The minimum absolute atomic E-state index is 0.145. The molecule has 2 aliphatic rings. The summed E-state index contributed by atoms with van der Waals surface area (Å²) in [4.78, 5) is 22.5. The fraction of sp³-hybridized carbons (Fsp3) is 0.722. The average Bonchev–Trinajstić information content (AvgIpc) is 2.88. The molecule has 10 heteroatoms. The van der Waals surface area contributed by atoms with Gasteiger partial charge in [-0.2, -0.15) is 0 Å². The SMILES string of the molecule is CC1(C)OB(c2cnc(SC3CCCN(C(=O)C(O)CO)C3)nc2)OC1(C)C. The van der Waals surface area contributed by atoms with Crippen molar-refractivity contribution in [2.75, 3.05) is 19.7 Å². The molecule has 2 atom stereocenters. The van der Waals surface area contributed by atoms with Crippen molar-refractivity contribution in [3.63, 3.8) is 0 Å². The van der Waals surface area contributed by atoms with E-state index >= 15 is 0 Å². The van der Waals surface area contributed by atoms with E-state index in [0.29, 0.717) is 18.2 Å². The first-order valence-corrected chi connectivity index (χ1v) is 10.4. The summed E-state index contributed by atoms with van der Waals surface area (Å²) in [5.74, 6) is -0.426. The lowest BCUT2D eigenvalue weighted by Gasteiger charge is -2.33. The molecule has 2 saturated heterocycles. The highest BCUT2D eigenvalue weighted by Gasteiger charge is 2.52. The molecule has 3 heterocycles. The molecule has 0 bridgehead atoms. The van der Waals surface area contributed by atoms with Gasteiger partial charge in [-0.3, -0.25) is 4.79 Å². The molecule has 2 aliphatic heterocycles. The lowest BCUT2D eigenvalue weighted by atomic mass is 9.81. The van der Waals surface area contributed by atoms with Crippen LogP contribution in [-0.4, -0.2) is 80.4 Å². The lowest BCUT2D eigenvalue weighted by Crippen LogP contribution is -2.46. The molecule has 0 aliphatic carbocycles. The number of nitrogens with zero attached hydrogens (tertiary/aromatic N) is 3. The maximum absolute atomic E-state index is 12.1. The largest absolute Gasteiger partial charge is 0.498 e. The van der Waals surface area contributed by atoms with Gasteiger partial charge < -0.3 is 24.4 Å². The number of carbonyl (C=O) groups excluding carboxylic acids is 1. The molecule has 0 spiro atoms.